The topological polar surface area (TPSA) is 140 Å². The lowest BCUT2D eigenvalue weighted by Gasteiger charge is -2.10. The Labute approximate surface area is 197 Å². The summed E-state index contributed by atoms with van der Waals surface area (Å²) in [6, 6.07) is 6.15. The van der Waals surface area contributed by atoms with Gasteiger partial charge in [-0.05, 0) is 25.1 Å². The molecule has 0 radical (unpaired) electrons. The number of halogens is 4. The van der Waals surface area contributed by atoms with Crippen LogP contribution in [0.5, 0.6) is 0 Å². The second kappa shape index (κ2) is 8.76. The van der Waals surface area contributed by atoms with Gasteiger partial charge in [-0.25, -0.2) is 14.4 Å². The molecule has 3 heterocycles. The van der Waals surface area contributed by atoms with E-state index >= 15 is 0 Å². The summed E-state index contributed by atoms with van der Waals surface area (Å²) in [5.41, 5.74) is 2.96. The van der Waals surface area contributed by atoms with Crippen LogP contribution in [0.4, 0.5) is 23.2 Å². The number of hydrogen-bond acceptors (Lipinski definition) is 7. The van der Waals surface area contributed by atoms with Crippen LogP contribution in [-0.4, -0.2) is 31.6 Å². The maximum absolute atomic E-state index is 13.7. The van der Waals surface area contributed by atoms with Gasteiger partial charge in [0.05, 0.1) is 34.7 Å². The third-order valence-corrected chi connectivity index (χ3v) is 5.74. The van der Waals surface area contributed by atoms with Crippen LogP contribution >= 0.6 is 11.3 Å². The highest BCUT2D eigenvalue weighted by molar-refractivity contribution is 7.10. The van der Waals surface area contributed by atoms with E-state index in [9.17, 15) is 27.2 Å². The van der Waals surface area contributed by atoms with E-state index in [0.717, 1.165) is 34.2 Å². The van der Waals surface area contributed by atoms with Crippen molar-refractivity contribution in [1.82, 2.24) is 19.7 Å². The molecule has 0 bridgehead atoms. The van der Waals surface area contributed by atoms with Crippen LogP contribution in [0, 0.1) is 24.1 Å². The highest BCUT2D eigenvalue weighted by Gasteiger charge is 2.39. The standard InChI is InChI=1S/C21H13F4N7O2S/c1-9-17(18(21(23,24)25)31-32(9)7-11-8-35-16(6-26)28-11)30-20(34)15-5-13(19(27)33)12-3-2-10(22)4-14(12)29-15/h2-5,8H,7H2,1H3,(H2,27,33)(H,30,34). The Morgan fingerprint density at radius 3 is 2.63 bits per heavy atom. The minimum absolute atomic E-state index is 0.0425. The van der Waals surface area contributed by atoms with Crippen molar-refractivity contribution in [1.29, 1.82) is 5.26 Å². The highest BCUT2D eigenvalue weighted by Crippen LogP contribution is 2.36. The Kier molecular flexibility index (Phi) is 5.95. The minimum Gasteiger partial charge on any atom is -0.366 e. The molecule has 0 unspecified atom stereocenters. The fourth-order valence-electron chi connectivity index (χ4n) is 3.33. The molecule has 0 aliphatic heterocycles. The van der Waals surface area contributed by atoms with E-state index in [4.69, 9.17) is 11.0 Å². The lowest BCUT2D eigenvalue weighted by Crippen LogP contribution is -2.19. The van der Waals surface area contributed by atoms with Gasteiger partial charge in [-0.1, -0.05) is 0 Å². The van der Waals surface area contributed by atoms with Gasteiger partial charge in [0.25, 0.3) is 5.91 Å². The summed E-state index contributed by atoms with van der Waals surface area (Å²) in [4.78, 5) is 32.7. The summed E-state index contributed by atoms with van der Waals surface area (Å²) in [5.74, 6) is -2.72. The number of fused-ring (bicyclic) bond motifs is 1. The SMILES string of the molecule is Cc1c(NC(=O)c2cc(C(N)=O)c3ccc(F)cc3n2)c(C(F)(F)F)nn1Cc1csc(C#N)n1. The number of thiazole rings is 1. The van der Waals surface area contributed by atoms with E-state index in [1.54, 1.807) is 0 Å². The number of aromatic nitrogens is 4. The molecule has 0 aliphatic carbocycles. The predicted octanol–water partition coefficient (Wildman–Crippen LogP) is 3.63. The van der Waals surface area contributed by atoms with Crippen molar-refractivity contribution >= 4 is 39.7 Å². The number of amides is 2. The lowest BCUT2D eigenvalue weighted by molar-refractivity contribution is -0.140. The predicted molar refractivity (Wildman–Crippen MR) is 116 cm³/mol. The van der Waals surface area contributed by atoms with Gasteiger partial charge < -0.3 is 11.1 Å². The monoisotopic (exact) mass is 503 g/mol. The van der Waals surface area contributed by atoms with Crippen LogP contribution in [-0.2, 0) is 12.7 Å². The molecule has 14 heteroatoms. The first-order chi connectivity index (χ1) is 16.5. The number of rotatable bonds is 5. The number of primary amides is 1. The summed E-state index contributed by atoms with van der Waals surface area (Å²) < 4.78 is 55.8. The van der Waals surface area contributed by atoms with Crippen LogP contribution < -0.4 is 11.1 Å². The Bertz CT molecular complexity index is 1540. The molecule has 2 amide bonds. The van der Waals surface area contributed by atoms with Crippen LogP contribution in [0.1, 0.15) is 42.9 Å². The highest BCUT2D eigenvalue weighted by atomic mass is 32.1. The molecule has 3 N–H and O–H groups in total. The number of hydrogen-bond donors (Lipinski definition) is 2. The van der Waals surface area contributed by atoms with E-state index in [-0.39, 0.29) is 33.7 Å². The summed E-state index contributed by atoms with van der Waals surface area (Å²) in [5, 5.41) is 16.4. The minimum atomic E-state index is -4.92. The molecule has 0 saturated carbocycles. The molecule has 0 saturated heterocycles. The van der Waals surface area contributed by atoms with Crippen molar-refractivity contribution in [3.8, 4) is 6.07 Å². The Hall–Kier alpha value is -4.38. The number of nitrogens with zero attached hydrogens (tertiary/aromatic N) is 5. The lowest BCUT2D eigenvalue weighted by atomic mass is 10.1. The number of nitriles is 1. The van der Waals surface area contributed by atoms with Gasteiger partial charge in [-0.15, -0.1) is 11.3 Å². The molecule has 1 aromatic carbocycles. The smallest absolute Gasteiger partial charge is 0.366 e. The normalized spacial score (nSPS) is 11.4. The molecular formula is C21H13F4N7O2S. The van der Waals surface area contributed by atoms with Crippen LogP contribution in [0.2, 0.25) is 0 Å². The second-order valence-electron chi connectivity index (χ2n) is 7.26. The molecule has 4 aromatic rings. The summed E-state index contributed by atoms with van der Waals surface area (Å²) >= 11 is 1.03. The number of benzene rings is 1. The Balaban J connectivity index is 1.74. The first kappa shape index (κ1) is 23.8. The molecule has 35 heavy (non-hydrogen) atoms. The molecular weight excluding hydrogens is 490 g/mol. The fraction of sp³-hybridized carbons (Fsp3) is 0.143. The fourth-order valence-corrected chi connectivity index (χ4v) is 3.93. The van der Waals surface area contributed by atoms with Gasteiger partial charge in [0.2, 0.25) is 5.91 Å². The average Bonchev–Trinajstić information content (AvgIpc) is 3.37. The third kappa shape index (κ3) is 4.66. The Morgan fingerprint density at radius 1 is 1.26 bits per heavy atom. The first-order valence-electron chi connectivity index (χ1n) is 9.68. The van der Waals surface area contributed by atoms with Crippen molar-refractivity contribution in [2.24, 2.45) is 5.73 Å². The van der Waals surface area contributed by atoms with E-state index < -0.39 is 40.9 Å². The zero-order chi connectivity index (χ0) is 25.5. The third-order valence-electron chi connectivity index (χ3n) is 4.94. The van der Waals surface area contributed by atoms with E-state index in [0.29, 0.717) is 5.69 Å². The van der Waals surface area contributed by atoms with Gasteiger partial charge in [0.15, 0.2) is 10.7 Å². The van der Waals surface area contributed by atoms with Crippen LogP contribution in [0.3, 0.4) is 0 Å². The van der Waals surface area contributed by atoms with Crippen molar-refractivity contribution in [3.63, 3.8) is 0 Å². The molecule has 0 atom stereocenters. The number of carbonyl (C=O) groups excluding carboxylic acids is 2. The van der Waals surface area contributed by atoms with Crippen molar-refractivity contribution in [2.45, 2.75) is 19.6 Å². The van der Waals surface area contributed by atoms with E-state index in [1.807, 2.05) is 6.07 Å². The number of anilines is 1. The van der Waals surface area contributed by atoms with E-state index in [2.05, 4.69) is 20.4 Å². The number of carbonyl (C=O) groups is 2. The summed E-state index contributed by atoms with van der Waals surface area (Å²) in [7, 11) is 0. The quantitative estimate of drug-likeness (QED) is 0.399. The molecule has 0 fully saturated rings. The molecule has 9 nitrogen and oxygen atoms in total. The molecule has 178 valence electrons. The van der Waals surface area contributed by atoms with Crippen LogP contribution in [0.25, 0.3) is 10.9 Å². The number of nitrogens with two attached hydrogens (primary N) is 1. The van der Waals surface area contributed by atoms with Crippen molar-refractivity contribution in [2.75, 3.05) is 5.32 Å². The summed E-state index contributed by atoms with van der Waals surface area (Å²) in [6.45, 7) is 1.13. The zero-order valence-electron chi connectivity index (χ0n) is 17.6. The van der Waals surface area contributed by atoms with Crippen LogP contribution in [0.15, 0.2) is 29.6 Å². The van der Waals surface area contributed by atoms with Gasteiger partial charge in [0, 0.05) is 16.8 Å². The molecule has 0 aliphatic rings. The summed E-state index contributed by atoms with van der Waals surface area (Å²) in [6.07, 6.45) is -4.92. The zero-order valence-corrected chi connectivity index (χ0v) is 18.5. The maximum atomic E-state index is 13.7. The largest absolute Gasteiger partial charge is 0.437 e. The number of pyridine rings is 1. The molecule has 3 aromatic heterocycles. The Morgan fingerprint density at radius 2 is 2.00 bits per heavy atom. The maximum Gasteiger partial charge on any atom is 0.437 e. The number of alkyl halides is 3. The molecule has 4 rings (SSSR count). The molecule has 0 spiro atoms. The number of nitrogens with one attached hydrogen (secondary N) is 1. The van der Waals surface area contributed by atoms with E-state index in [1.165, 1.54) is 18.4 Å². The first-order valence-corrected chi connectivity index (χ1v) is 10.6. The second-order valence-corrected chi connectivity index (χ2v) is 8.11. The average molecular weight is 503 g/mol. The van der Waals surface area contributed by atoms with Crippen molar-refractivity contribution in [3.05, 3.63) is 68.8 Å². The van der Waals surface area contributed by atoms with Gasteiger partial charge in [-0.3, -0.25) is 14.3 Å². The van der Waals surface area contributed by atoms with Gasteiger partial charge >= 0.3 is 6.18 Å². The van der Waals surface area contributed by atoms with Gasteiger partial charge in [0.1, 0.15) is 17.6 Å². The van der Waals surface area contributed by atoms with Gasteiger partial charge in [-0.2, -0.15) is 23.5 Å². The van der Waals surface area contributed by atoms with Crippen molar-refractivity contribution < 1.29 is 27.2 Å².